The van der Waals surface area contributed by atoms with Crippen molar-refractivity contribution in [3.8, 4) is 67.5 Å². The van der Waals surface area contributed by atoms with Crippen molar-refractivity contribution in [1.82, 2.24) is 39.9 Å². The molecule has 0 spiro atoms. The van der Waals surface area contributed by atoms with Crippen LogP contribution >= 0.6 is 11.3 Å². The Bertz CT molecular complexity index is 4290. The number of thiophene rings is 1. The second-order valence-corrected chi connectivity index (χ2v) is 35.6. The maximum absolute atomic E-state index is 7.34. The smallest absolute Gasteiger partial charge is 0.493 e. The number of hydrogen-bond donors (Lipinski definition) is 0. The third-order valence-corrected chi connectivity index (χ3v) is 25.8. The number of fused-ring (bicyclic) bond motifs is 20. The molecule has 6 heterocycles. The fraction of sp³-hybridized carbons (Fsp3) is 0.654. The van der Waals surface area contributed by atoms with Crippen LogP contribution in [0.15, 0.2) is 60.0 Å². The molecule has 0 amide bonds. The van der Waals surface area contributed by atoms with Crippen molar-refractivity contribution in [3.05, 3.63) is 93.4 Å². The first-order valence-corrected chi connectivity index (χ1v) is 49.4. The number of rotatable bonds is 63. The fourth-order valence-corrected chi connectivity index (χ4v) is 18.8. The van der Waals surface area contributed by atoms with Gasteiger partial charge in [-0.2, -0.15) is 0 Å². The van der Waals surface area contributed by atoms with Gasteiger partial charge in [0.1, 0.15) is 11.5 Å². The number of nitrogens with zero attached hydrogens (tertiary/aromatic N) is 8. The molecule has 0 atom stereocenters. The largest absolute Gasteiger partial charge is 2.00 e. The van der Waals surface area contributed by atoms with Gasteiger partial charge < -0.3 is 34.4 Å². The zero-order valence-corrected chi connectivity index (χ0v) is 78.5. The van der Waals surface area contributed by atoms with Crippen LogP contribution in [0.1, 0.15) is 423 Å². The molecule has 4 aromatic carbocycles. The first kappa shape index (κ1) is 94.0. The van der Waals surface area contributed by atoms with E-state index in [2.05, 4.69) is 115 Å². The van der Waals surface area contributed by atoms with E-state index in [1.165, 1.54) is 303 Å². The van der Waals surface area contributed by atoms with Gasteiger partial charge in [-0.25, -0.2) is 15.0 Å². The second-order valence-electron chi connectivity index (χ2n) is 34.6. The van der Waals surface area contributed by atoms with Crippen LogP contribution in [0.5, 0.6) is 11.5 Å². The molecule has 0 saturated heterocycles. The third-order valence-electron chi connectivity index (χ3n) is 24.9. The summed E-state index contributed by atoms with van der Waals surface area (Å²) in [6.07, 6.45) is 69.8. The molecule has 10 nitrogen and oxygen atoms in total. The number of hydrogen-bond acceptors (Lipinski definition) is 9. The van der Waals surface area contributed by atoms with Crippen LogP contribution in [0.3, 0.4) is 0 Å². The summed E-state index contributed by atoms with van der Waals surface area (Å²) in [6.45, 7) is 19.5. The Balaban J connectivity index is 0.0000154. The number of aryl methyl sites for hydroxylation is 6. The molecule has 8 aromatic rings. The Morgan fingerprint density at radius 1 is 0.267 bits per heavy atom. The standard InChI is InChI=1S/C104H154N8O2S.Zn/c1-9-17-25-31-37-43-49-55-62-79-69-70-80(63-56-50-44-38-32-26-18-10-2)89-88(79)97-105-98(89)107-100-91-82(65-58-52-46-40-34-28-20-12-4)72-74-84(67-60-54-48-42-36-30-22-14-6)93(91)102(109-100)111-104-95-94(86(113-75-23-15-7)78-85(87-68-61-77-115-87)96(95)114-76-24-16-8)103(112-104)110-101-92-83(66-59-53-47-41-35-29-21-13-5)73-71-81(90(92)99(106-97)108-101)64-57-51-45-39-33-27-19-11-3;/h61,68-74,77-78H,9-60,62-67,75-76H2,1-8H3;/q-2;+2. The van der Waals surface area contributed by atoms with Crippen LogP contribution in [0, 0.1) is 0 Å². The summed E-state index contributed by atoms with van der Waals surface area (Å²) >= 11 is 1.73. The summed E-state index contributed by atoms with van der Waals surface area (Å²) in [5.41, 5.74) is 15.7. The first-order chi connectivity index (χ1) is 56.9. The van der Waals surface area contributed by atoms with E-state index >= 15 is 0 Å². The predicted octanol–water partition coefficient (Wildman–Crippen LogP) is 32.3. The van der Waals surface area contributed by atoms with Crippen molar-refractivity contribution in [3.63, 3.8) is 0 Å². The van der Waals surface area contributed by atoms with Gasteiger partial charge in [-0.15, -0.1) is 11.3 Å². The van der Waals surface area contributed by atoms with Crippen LogP contribution in [-0.4, -0.2) is 43.1 Å². The SMILES string of the molecule is CCCCCCCCCCc1ccc(CCCCCCCCCC)c2c1-c1nc3nc(nc4[n-]c(nc5[n-]c(nc-2n1)c1c(CCCCCCCCCC)ccc(CCCCCCCCCC)c51)c1c(OCCCC)c(-c2cccs2)cc(OCCCC)c41)-c1c(CCCCCCCCCC)ccc(CCCCCCCCCC)c1-3.[Zn+2]. The quantitative estimate of drug-likeness (QED) is 0.0269. The summed E-state index contributed by atoms with van der Waals surface area (Å²) in [5, 5.41) is 6.00. The Hall–Kier alpha value is -5.84. The van der Waals surface area contributed by atoms with E-state index in [0.717, 1.165) is 180 Å². The molecule has 10 rings (SSSR count). The van der Waals surface area contributed by atoms with Gasteiger partial charge in [-0.1, -0.05) is 380 Å². The Labute approximate surface area is 721 Å². The number of ether oxygens (including phenoxy) is 2. The van der Waals surface area contributed by atoms with E-state index in [1.807, 2.05) is 0 Å². The topological polar surface area (TPSA) is 124 Å². The molecule has 0 radical (unpaired) electrons. The van der Waals surface area contributed by atoms with Gasteiger partial charge >= 0.3 is 19.5 Å². The number of aromatic nitrogens is 8. The Morgan fingerprint density at radius 3 is 0.853 bits per heavy atom. The van der Waals surface area contributed by atoms with Gasteiger partial charge in [0, 0.05) is 66.1 Å². The summed E-state index contributed by atoms with van der Waals surface area (Å²) < 4.78 is 14.6. The average Bonchev–Trinajstić information content (AvgIpc) is 1.56. The molecular weight excluding hydrogens is 1490 g/mol. The maximum Gasteiger partial charge on any atom is 2.00 e. The van der Waals surface area contributed by atoms with E-state index in [0.29, 0.717) is 47.5 Å². The zero-order chi connectivity index (χ0) is 80.3. The second kappa shape index (κ2) is 54.4. The van der Waals surface area contributed by atoms with Crippen LogP contribution < -0.4 is 19.4 Å². The minimum absolute atomic E-state index is 0. The maximum atomic E-state index is 7.34. The van der Waals surface area contributed by atoms with E-state index in [4.69, 9.17) is 49.3 Å². The van der Waals surface area contributed by atoms with Gasteiger partial charge in [0.15, 0.2) is 11.6 Å². The molecular formula is C104H154N8O2SZn. The minimum Gasteiger partial charge on any atom is -0.493 e. The Morgan fingerprint density at radius 2 is 0.534 bits per heavy atom. The van der Waals surface area contributed by atoms with Gasteiger partial charge in [0.05, 0.1) is 24.9 Å². The molecule has 0 fully saturated rings. The molecule has 12 heteroatoms. The van der Waals surface area contributed by atoms with Gasteiger partial charge in [0.2, 0.25) is 0 Å². The average molecular weight is 1650 g/mol. The van der Waals surface area contributed by atoms with Crippen molar-refractivity contribution in [2.75, 3.05) is 13.2 Å². The summed E-state index contributed by atoms with van der Waals surface area (Å²) in [6, 6.07) is 21.4. The van der Waals surface area contributed by atoms with Crippen LogP contribution in [-0.2, 0) is 58.0 Å². The normalized spacial score (nSPS) is 11.9. The van der Waals surface area contributed by atoms with Crippen molar-refractivity contribution in [1.29, 1.82) is 0 Å². The van der Waals surface area contributed by atoms with Gasteiger partial charge in [0.25, 0.3) is 0 Å². The van der Waals surface area contributed by atoms with E-state index < -0.39 is 0 Å². The summed E-state index contributed by atoms with van der Waals surface area (Å²) in [7, 11) is 0. The van der Waals surface area contributed by atoms with Crippen molar-refractivity contribution in [2.45, 2.75) is 428 Å². The molecule has 0 N–H and O–H groups in total. The fourth-order valence-electron chi connectivity index (χ4n) is 18.0. The zero-order valence-electron chi connectivity index (χ0n) is 74.7. The Kier molecular flexibility index (Phi) is 44.1. The predicted molar refractivity (Wildman–Crippen MR) is 496 cm³/mol. The molecule has 4 aromatic heterocycles. The summed E-state index contributed by atoms with van der Waals surface area (Å²) in [4.78, 5) is 49.2. The minimum atomic E-state index is 0. The molecule has 116 heavy (non-hydrogen) atoms. The summed E-state index contributed by atoms with van der Waals surface area (Å²) in [5.74, 6) is 4.30. The van der Waals surface area contributed by atoms with Gasteiger partial charge in [-0.05, 0) is 152 Å². The van der Waals surface area contributed by atoms with Gasteiger partial charge in [-0.3, -0.25) is 0 Å². The van der Waals surface area contributed by atoms with Crippen LogP contribution in [0.2, 0.25) is 0 Å². The molecule has 8 bridgehead atoms. The molecule has 0 unspecified atom stereocenters. The van der Waals surface area contributed by atoms with Crippen LogP contribution in [0.25, 0.3) is 100 Å². The third kappa shape index (κ3) is 28.1. The molecule has 0 aliphatic carbocycles. The monoisotopic (exact) mass is 1640 g/mol. The molecule has 0 saturated carbocycles. The van der Waals surface area contributed by atoms with E-state index in [-0.39, 0.29) is 19.5 Å². The first-order valence-electron chi connectivity index (χ1n) is 48.5. The number of benzene rings is 4. The molecule has 2 aliphatic rings. The molecule has 2 aliphatic heterocycles. The van der Waals surface area contributed by atoms with Crippen molar-refractivity contribution < 1.29 is 29.0 Å². The van der Waals surface area contributed by atoms with E-state index in [9.17, 15) is 0 Å². The van der Waals surface area contributed by atoms with Crippen LogP contribution in [0.4, 0.5) is 0 Å². The van der Waals surface area contributed by atoms with Crippen molar-refractivity contribution in [2.24, 2.45) is 0 Å². The number of unbranched alkanes of at least 4 members (excludes halogenated alkanes) is 44. The molecule has 630 valence electrons. The van der Waals surface area contributed by atoms with Crippen molar-refractivity contribution >= 4 is 55.5 Å². The van der Waals surface area contributed by atoms with E-state index in [1.54, 1.807) is 11.3 Å².